The van der Waals surface area contributed by atoms with E-state index in [0.717, 1.165) is 19.3 Å². The van der Waals surface area contributed by atoms with E-state index in [1.54, 1.807) is 11.9 Å². The molecule has 1 heterocycles. The normalized spacial score (nSPS) is 19.1. The molecule has 1 aliphatic carbocycles. The molecule has 0 bridgehead atoms. The van der Waals surface area contributed by atoms with E-state index in [1.807, 2.05) is 0 Å². The van der Waals surface area contributed by atoms with Crippen molar-refractivity contribution in [1.29, 1.82) is 0 Å². The van der Waals surface area contributed by atoms with Crippen LogP contribution in [0.3, 0.4) is 0 Å². The highest BCUT2D eigenvalue weighted by Gasteiger charge is 2.51. The Bertz CT molecular complexity index is 701. The van der Waals surface area contributed by atoms with Crippen molar-refractivity contribution in [1.82, 2.24) is 15.1 Å². The first-order valence-electron chi connectivity index (χ1n) is 8.78. The van der Waals surface area contributed by atoms with Crippen LogP contribution in [0.1, 0.15) is 32.1 Å². The molecule has 1 aliphatic heterocycles. The molecule has 1 aromatic carbocycles. The molecular formula is C18H23FN4O3. The summed E-state index contributed by atoms with van der Waals surface area (Å²) in [5.41, 5.74) is -0.270. The molecule has 0 radical (unpaired) electrons. The van der Waals surface area contributed by atoms with Gasteiger partial charge in [0.25, 0.3) is 5.91 Å². The third kappa shape index (κ3) is 3.85. The number of halogens is 1. The van der Waals surface area contributed by atoms with Crippen molar-refractivity contribution in [3.63, 3.8) is 0 Å². The Kier molecular flexibility index (Phi) is 5.22. The zero-order valence-electron chi connectivity index (χ0n) is 14.8. The summed E-state index contributed by atoms with van der Waals surface area (Å²) in [6.07, 6.45) is 4.27. The average molecular weight is 362 g/mol. The number of urea groups is 1. The third-order valence-electron chi connectivity index (χ3n) is 4.88. The van der Waals surface area contributed by atoms with E-state index in [-0.39, 0.29) is 30.8 Å². The number of nitrogens with one attached hydrogen (secondary N) is 2. The van der Waals surface area contributed by atoms with Crippen LogP contribution < -0.4 is 10.6 Å². The largest absolute Gasteiger partial charge is 0.326 e. The number of hydrogen-bond acceptors (Lipinski definition) is 4. The molecule has 1 saturated heterocycles. The number of carbonyl (C=O) groups excluding carboxylic acids is 3. The summed E-state index contributed by atoms with van der Waals surface area (Å²) >= 11 is 0. The van der Waals surface area contributed by atoms with Crippen LogP contribution in [-0.4, -0.2) is 53.4 Å². The SMILES string of the molecule is CN(CC(=O)Nc1ccc(F)cc1)CN1C(=O)NC2(CCCCC2)C1=O. The summed E-state index contributed by atoms with van der Waals surface area (Å²) in [7, 11) is 1.66. The summed E-state index contributed by atoms with van der Waals surface area (Å²) in [5.74, 6) is -0.887. The number of rotatable bonds is 5. The highest BCUT2D eigenvalue weighted by molar-refractivity contribution is 6.07. The quantitative estimate of drug-likeness (QED) is 0.784. The number of benzene rings is 1. The van der Waals surface area contributed by atoms with Gasteiger partial charge in [0.2, 0.25) is 5.91 Å². The van der Waals surface area contributed by atoms with Crippen LogP contribution in [-0.2, 0) is 9.59 Å². The van der Waals surface area contributed by atoms with Crippen molar-refractivity contribution in [2.45, 2.75) is 37.6 Å². The highest BCUT2D eigenvalue weighted by Crippen LogP contribution is 2.33. The van der Waals surface area contributed by atoms with Gasteiger partial charge in [-0.05, 0) is 44.2 Å². The molecule has 2 fully saturated rings. The van der Waals surface area contributed by atoms with Crippen LogP contribution in [0.15, 0.2) is 24.3 Å². The zero-order valence-corrected chi connectivity index (χ0v) is 14.8. The monoisotopic (exact) mass is 362 g/mol. The average Bonchev–Trinajstić information content (AvgIpc) is 2.81. The van der Waals surface area contributed by atoms with Gasteiger partial charge < -0.3 is 10.6 Å². The minimum absolute atomic E-state index is 0.00143. The number of carbonyl (C=O) groups is 3. The van der Waals surface area contributed by atoms with Crippen LogP contribution in [0.25, 0.3) is 0 Å². The van der Waals surface area contributed by atoms with E-state index in [1.165, 1.54) is 29.2 Å². The predicted octanol–water partition coefficient (Wildman–Crippen LogP) is 1.91. The van der Waals surface area contributed by atoms with E-state index in [4.69, 9.17) is 0 Å². The van der Waals surface area contributed by atoms with Crippen LogP contribution >= 0.6 is 0 Å². The fourth-order valence-corrected chi connectivity index (χ4v) is 3.57. The fourth-order valence-electron chi connectivity index (χ4n) is 3.57. The molecule has 7 nitrogen and oxygen atoms in total. The Morgan fingerprint density at radius 1 is 1.23 bits per heavy atom. The summed E-state index contributed by atoms with van der Waals surface area (Å²) < 4.78 is 12.9. The molecule has 4 amide bonds. The fraction of sp³-hybridized carbons (Fsp3) is 0.500. The van der Waals surface area contributed by atoms with Gasteiger partial charge in [0, 0.05) is 5.69 Å². The van der Waals surface area contributed by atoms with E-state index in [9.17, 15) is 18.8 Å². The third-order valence-corrected chi connectivity index (χ3v) is 4.88. The maximum Gasteiger partial charge on any atom is 0.326 e. The van der Waals surface area contributed by atoms with Crippen molar-refractivity contribution in [3.8, 4) is 0 Å². The molecule has 26 heavy (non-hydrogen) atoms. The second kappa shape index (κ2) is 7.41. The van der Waals surface area contributed by atoms with Gasteiger partial charge >= 0.3 is 6.03 Å². The van der Waals surface area contributed by atoms with Gasteiger partial charge in [0.1, 0.15) is 11.4 Å². The van der Waals surface area contributed by atoms with Crippen molar-refractivity contribution < 1.29 is 18.8 Å². The Hall–Kier alpha value is -2.48. The van der Waals surface area contributed by atoms with E-state index in [0.29, 0.717) is 18.5 Å². The lowest BCUT2D eigenvalue weighted by Gasteiger charge is -2.30. The zero-order chi connectivity index (χ0) is 18.7. The van der Waals surface area contributed by atoms with E-state index in [2.05, 4.69) is 10.6 Å². The van der Waals surface area contributed by atoms with Crippen LogP contribution in [0.2, 0.25) is 0 Å². The first-order chi connectivity index (χ1) is 12.4. The summed E-state index contributed by atoms with van der Waals surface area (Å²) in [6, 6.07) is 5.06. The van der Waals surface area contributed by atoms with Gasteiger partial charge in [-0.3, -0.25) is 14.5 Å². The maximum atomic E-state index is 12.9. The molecular weight excluding hydrogens is 339 g/mol. The number of amides is 4. The maximum absolute atomic E-state index is 12.9. The van der Waals surface area contributed by atoms with Gasteiger partial charge in [-0.25, -0.2) is 14.1 Å². The topological polar surface area (TPSA) is 81.8 Å². The second-order valence-electron chi connectivity index (χ2n) is 7.02. The lowest BCUT2D eigenvalue weighted by atomic mass is 9.82. The van der Waals surface area contributed by atoms with Gasteiger partial charge in [-0.2, -0.15) is 0 Å². The molecule has 0 aromatic heterocycles. The summed E-state index contributed by atoms with van der Waals surface area (Å²) in [4.78, 5) is 39.8. The predicted molar refractivity (Wildman–Crippen MR) is 93.7 cm³/mol. The van der Waals surface area contributed by atoms with Crippen LogP contribution in [0.4, 0.5) is 14.9 Å². The minimum Gasteiger partial charge on any atom is -0.325 e. The number of nitrogens with zero attached hydrogens (tertiary/aromatic N) is 2. The van der Waals surface area contributed by atoms with E-state index >= 15 is 0 Å². The standard InChI is InChI=1S/C18H23FN4O3/c1-22(11-15(24)20-14-7-5-13(19)6-8-14)12-23-16(25)18(21-17(23)26)9-3-2-4-10-18/h5-8H,2-4,9-12H2,1H3,(H,20,24)(H,21,26). The molecule has 2 aliphatic rings. The highest BCUT2D eigenvalue weighted by atomic mass is 19.1. The molecule has 140 valence electrons. The lowest BCUT2D eigenvalue weighted by molar-refractivity contribution is -0.134. The van der Waals surface area contributed by atoms with Gasteiger partial charge in [0.05, 0.1) is 13.2 Å². The van der Waals surface area contributed by atoms with Crippen molar-refractivity contribution in [3.05, 3.63) is 30.1 Å². The van der Waals surface area contributed by atoms with Gasteiger partial charge in [-0.1, -0.05) is 19.3 Å². The summed E-state index contributed by atoms with van der Waals surface area (Å²) in [6.45, 7) is 0.0463. The van der Waals surface area contributed by atoms with Crippen molar-refractivity contribution >= 4 is 23.5 Å². The first-order valence-corrected chi connectivity index (χ1v) is 8.78. The Balaban J connectivity index is 1.54. The number of anilines is 1. The first kappa shape index (κ1) is 18.3. The Morgan fingerprint density at radius 2 is 1.88 bits per heavy atom. The van der Waals surface area contributed by atoms with Crippen LogP contribution in [0, 0.1) is 5.82 Å². The molecule has 0 atom stereocenters. The van der Waals surface area contributed by atoms with Crippen molar-refractivity contribution in [2.75, 3.05) is 25.6 Å². The molecule has 3 rings (SSSR count). The smallest absolute Gasteiger partial charge is 0.325 e. The minimum atomic E-state index is -0.757. The second-order valence-corrected chi connectivity index (χ2v) is 7.02. The molecule has 1 saturated carbocycles. The summed E-state index contributed by atoms with van der Waals surface area (Å²) in [5, 5.41) is 5.50. The molecule has 2 N–H and O–H groups in total. The molecule has 0 unspecified atom stereocenters. The molecule has 1 spiro atoms. The number of imide groups is 1. The Morgan fingerprint density at radius 3 is 2.54 bits per heavy atom. The van der Waals surface area contributed by atoms with Gasteiger partial charge in [-0.15, -0.1) is 0 Å². The Labute approximate surface area is 151 Å². The number of likely N-dealkylation sites (N-methyl/N-ethyl adjacent to an activating group) is 1. The molecule has 8 heteroatoms. The van der Waals surface area contributed by atoms with Gasteiger partial charge in [0.15, 0.2) is 0 Å². The lowest BCUT2D eigenvalue weighted by Crippen LogP contribution is -2.49. The molecule has 1 aromatic rings. The van der Waals surface area contributed by atoms with Crippen molar-refractivity contribution in [2.24, 2.45) is 0 Å². The number of hydrogen-bond donors (Lipinski definition) is 2. The van der Waals surface area contributed by atoms with Crippen LogP contribution in [0.5, 0.6) is 0 Å². The van der Waals surface area contributed by atoms with E-state index < -0.39 is 11.6 Å².